The molecule has 1 aliphatic carbocycles. The average Bonchev–Trinajstić information content (AvgIpc) is 3.69. The van der Waals surface area contributed by atoms with Crippen LogP contribution in [0.2, 0.25) is 0 Å². The summed E-state index contributed by atoms with van der Waals surface area (Å²) < 4.78 is 41.2. The van der Waals surface area contributed by atoms with Gasteiger partial charge in [-0.15, -0.1) is 0 Å². The van der Waals surface area contributed by atoms with E-state index in [0.717, 1.165) is 10.2 Å². The lowest BCUT2D eigenvalue weighted by molar-refractivity contribution is -0.146. The summed E-state index contributed by atoms with van der Waals surface area (Å²) in [5, 5.41) is 15.9. The first kappa shape index (κ1) is 31.1. The normalized spacial score (nSPS) is 20.4. The van der Waals surface area contributed by atoms with Gasteiger partial charge in [0.2, 0.25) is 17.7 Å². The Morgan fingerprint density at radius 1 is 1.00 bits per heavy atom. The number of hydrogen-bond donors (Lipinski definition) is 2. The van der Waals surface area contributed by atoms with Gasteiger partial charge in [-0.2, -0.15) is 9.78 Å². The number of rotatable bonds is 8. The third-order valence-electron chi connectivity index (χ3n) is 8.90. The molecule has 2 atom stereocenters. The summed E-state index contributed by atoms with van der Waals surface area (Å²) in [6.45, 7) is 0.361. The van der Waals surface area contributed by atoms with Gasteiger partial charge in [-0.25, -0.2) is 18.6 Å². The number of hydrogen-bond acceptors (Lipinski definition) is 7. The van der Waals surface area contributed by atoms with Crippen LogP contribution in [0.1, 0.15) is 43.2 Å². The number of carbonyl (C=O) groups is 3. The third-order valence-corrected chi connectivity index (χ3v) is 8.90. The van der Waals surface area contributed by atoms with E-state index >= 15 is 0 Å². The van der Waals surface area contributed by atoms with Crippen molar-refractivity contribution >= 4 is 34.8 Å². The summed E-state index contributed by atoms with van der Waals surface area (Å²) in [6, 6.07) is 18.3. The maximum Gasteiger partial charge on any atom is 0.432 e. The van der Waals surface area contributed by atoms with Crippen molar-refractivity contribution in [3.05, 3.63) is 84.1 Å². The quantitative estimate of drug-likeness (QED) is 0.269. The molecule has 0 spiro atoms. The molecule has 1 saturated carbocycles. The summed E-state index contributed by atoms with van der Waals surface area (Å²) in [4.78, 5) is 45.7. The highest BCUT2D eigenvalue weighted by atomic mass is 19.3. The molecule has 11 nitrogen and oxygen atoms in total. The van der Waals surface area contributed by atoms with Crippen molar-refractivity contribution in [3.63, 3.8) is 0 Å². The molecule has 13 heteroatoms. The first-order valence-electron chi connectivity index (χ1n) is 15.0. The van der Waals surface area contributed by atoms with E-state index in [9.17, 15) is 28.3 Å². The van der Waals surface area contributed by atoms with Crippen molar-refractivity contribution in [3.8, 4) is 5.75 Å². The lowest BCUT2D eigenvalue weighted by atomic mass is 9.67. The lowest BCUT2D eigenvalue weighted by Gasteiger charge is -2.42. The van der Waals surface area contributed by atoms with E-state index in [-0.39, 0.29) is 49.3 Å². The predicted octanol–water partition coefficient (Wildman–Crippen LogP) is 5.24. The summed E-state index contributed by atoms with van der Waals surface area (Å²) in [7, 11) is 1.52. The topological polar surface area (TPSA) is 136 Å². The highest BCUT2D eigenvalue weighted by molar-refractivity contribution is 6.00. The number of halogens is 2. The summed E-state index contributed by atoms with van der Waals surface area (Å²) >= 11 is 0. The van der Waals surface area contributed by atoms with Crippen LogP contribution < -0.4 is 10.1 Å². The highest BCUT2D eigenvalue weighted by Gasteiger charge is 2.53. The third kappa shape index (κ3) is 6.14. The summed E-state index contributed by atoms with van der Waals surface area (Å²) in [5.41, 5.74) is 0.739. The fraction of sp³-hybridized carbons (Fsp3) is 0.364. The Labute approximate surface area is 263 Å². The van der Waals surface area contributed by atoms with Crippen molar-refractivity contribution in [1.82, 2.24) is 19.7 Å². The molecular weight excluding hydrogens is 600 g/mol. The summed E-state index contributed by atoms with van der Waals surface area (Å²) in [6.07, 6.45) is -1.42. The molecule has 2 aromatic heterocycles. The Bertz CT molecular complexity index is 1740. The number of carboxylic acid groups (broad SMARTS) is 1. The number of fused-ring (bicyclic) bond motifs is 1. The number of likely N-dealkylation sites (tertiary alicyclic amines) is 1. The van der Waals surface area contributed by atoms with Crippen molar-refractivity contribution in [1.29, 1.82) is 0 Å². The van der Waals surface area contributed by atoms with Crippen molar-refractivity contribution in [2.45, 2.75) is 62.2 Å². The Morgan fingerprint density at radius 2 is 1.72 bits per heavy atom. The number of ether oxygens (including phenoxy) is 2. The van der Waals surface area contributed by atoms with Crippen LogP contribution in [0.25, 0.3) is 11.0 Å². The Kier molecular flexibility index (Phi) is 8.43. The van der Waals surface area contributed by atoms with Gasteiger partial charge >= 0.3 is 6.09 Å². The van der Waals surface area contributed by atoms with Crippen LogP contribution in [0.3, 0.4) is 0 Å². The van der Waals surface area contributed by atoms with E-state index < -0.39 is 54.2 Å². The number of benzene rings is 2. The van der Waals surface area contributed by atoms with E-state index in [4.69, 9.17) is 9.47 Å². The van der Waals surface area contributed by atoms with E-state index in [0.29, 0.717) is 11.3 Å². The van der Waals surface area contributed by atoms with Gasteiger partial charge in [0.1, 0.15) is 23.1 Å². The van der Waals surface area contributed by atoms with Gasteiger partial charge < -0.3 is 24.8 Å². The van der Waals surface area contributed by atoms with Gasteiger partial charge in [-0.1, -0.05) is 42.5 Å². The standard InChI is InChI=1S/C33H33F2N5O6/c1-45-23-9-7-22(8-10-23)32(13-15-33(34,35)16-14-32)30(42)39-19-24(46-20-21-5-3-2-4-6-21)17-27(39)29(41)38-28-12-11-26-25(37-28)18-36-40(26)31(43)44/h2-12,18,24,27H,13-17,19-20H2,1H3,(H,43,44)(H,37,38,41)/t24-,27+/m0/s1. The van der Waals surface area contributed by atoms with Gasteiger partial charge in [0.05, 0.1) is 36.9 Å². The van der Waals surface area contributed by atoms with Crippen LogP contribution in [0.4, 0.5) is 19.4 Å². The molecular formula is C33H33F2N5O6. The van der Waals surface area contributed by atoms with Crippen molar-refractivity contribution in [2.75, 3.05) is 19.0 Å². The molecule has 46 heavy (non-hydrogen) atoms. The number of pyridine rings is 1. The fourth-order valence-electron chi connectivity index (χ4n) is 6.38. The number of aromatic nitrogens is 3. The van der Waals surface area contributed by atoms with Crippen LogP contribution in [-0.2, 0) is 26.3 Å². The molecule has 2 fully saturated rings. The molecule has 2 aliphatic rings. The van der Waals surface area contributed by atoms with Gasteiger partial charge in [0.15, 0.2) is 0 Å². The zero-order chi connectivity index (χ0) is 32.5. The molecule has 0 unspecified atom stereocenters. The van der Waals surface area contributed by atoms with Crippen LogP contribution in [0.5, 0.6) is 5.75 Å². The first-order chi connectivity index (χ1) is 22.1. The molecule has 3 heterocycles. The number of carbonyl (C=O) groups excluding carboxylic acids is 2. The second-order valence-corrected chi connectivity index (χ2v) is 11.7. The highest BCUT2D eigenvalue weighted by Crippen LogP contribution is 2.47. The van der Waals surface area contributed by atoms with E-state index in [1.54, 1.807) is 24.3 Å². The van der Waals surface area contributed by atoms with Crippen LogP contribution in [-0.4, -0.2) is 74.4 Å². The van der Waals surface area contributed by atoms with Gasteiger partial charge in [0, 0.05) is 25.8 Å². The molecule has 0 bridgehead atoms. The van der Waals surface area contributed by atoms with Gasteiger partial charge in [-0.3, -0.25) is 9.59 Å². The number of methoxy groups -OCH3 is 1. The van der Waals surface area contributed by atoms with E-state index in [1.165, 1.54) is 30.3 Å². The maximum absolute atomic E-state index is 14.6. The van der Waals surface area contributed by atoms with Crippen LogP contribution >= 0.6 is 0 Å². The average molecular weight is 634 g/mol. The monoisotopic (exact) mass is 633 g/mol. The molecule has 0 radical (unpaired) electrons. The number of alkyl halides is 2. The Morgan fingerprint density at radius 3 is 2.39 bits per heavy atom. The maximum atomic E-state index is 14.6. The Hall–Kier alpha value is -4.91. The first-order valence-corrected chi connectivity index (χ1v) is 15.0. The molecule has 6 rings (SSSR count). The number of nitrogens with one attached hydrogen (secondary N) is 1. The van der Waals surface area contributed by atoms with Gasteiger partial charge in [0.25, 0.3) is 0 Å². The molecule has 2 amide bonds. The molecule has 1 saturated heterocycles. The van der Waals surface area contributed by atoms with E-state index in [1.807, 2.05) is 30.3 Å². The second-order valence-electron chi connectivity index (χ2n) is 11.7. The predicted molar refractivity (Wildman–Crippen MR) is 163 cm³/mol. The largest absolute Gasteiger partial charge is 0.497 e. The minimum atomic E-state index is -2.89. The van der Waals surface area contributed by atoms with Crippen LogP contribution in [0.15, 0.2) is 72.9 Å². The number of nitrogens with zero attached hydrogens (tertiary/aromatic N) is 4. The SMILES string of the molecule is COc1ccc(C2(C(=O)N3C[C@@H](OCc4ccccc4)C[C@@H]3C(=O)Nc3ccc4c(cnn4C(=O)O)n3)CCC(F)(F)CC2)cc1. The van der Waals surface area contributed by atoms with Gasteiger partial charge in [-0.05, 0) is 48.2 Å². The molecule has 240 valence electrons. The minimum Gasteiger partial charge on any atom is -0.497 e. The number of amides is 2. The van der Waals surface area contributed by atoms with Crippen molar-refractivity contribution < 1.29 is 37.7 Å². The molecule has 2 aromatic carbocycles. The smallest absolute Gasteiger partial charge is 0.432 e. The zero-order valence-corrected chi connectivity index (χ0v) is 25.1. The van der Waals surface area contributed by atoms with E-state index in [2.05, 4.69) is 15.4 Å². The Balaban J connectivity index is 1.30. The minimum absolute atomic E-state index is 0.0860. The second kappa shape index (κ2) is 12.5. The lowest BCUT2D eigenvalue weighted by Crippen LogP contribution is -2.54. The van der Waals surface area contributed by atoms with Crippen LogP contribution in [0, 0.1) is 0 Å². The summed E-state index contributed by atoms with van der Waals surface area (Å²) in [5.74, 6) is -3.12. The van der Waals surface area contributed by atoms with Crippen molar-refractivity contribution in [2.24, 2.45) is 0 Å². The zero-order valence-electron chi connectivity index (χ0n) is 25.1. The molecule has 2 N–H and O–H groups in total. The molecule has 4 aromatic rings. The number of anilines is 1. The molecule has 1 aliphatic heterocycles. The fourth-order valence-corrected chi connectivity index (χ4v) is 6.38.